The van der Waals surface area contributed by atoms with Gasteiger partial charge in [0.15, 0.2) is 0 Å². The third-order valence-corrected chi connectivity index (χ3v) is 4.02. The molecule has 1 fully saturated rings. The Kier molecular flexibility index (Phi) is 4.32. The highest BCUT2D eigenvalue weighted by atomic mass is 19.4. The maximum atomic E-state index is 12.7. The lowest BCUT2D eigenvalue weighted by Gasteiger charge is -2.40. The minimum Gasteiger partial charge on any atom is -0.396 e. The highest BCUT2D eigenvalue weighted by Gasteiger charge is 2.36. The lowest BCUT2D eigenvalue weighted by molar-refractivity contribution is -0.141. The summed E-state index contributed by atoms with van der Waals surface area (Å²) in [7, 11) is 0. The number of aliphatic hydroxyl groups excluding tert-OH is 1. The Balaban J connectivity index is 2.29. The number of nitrogens with two attached hydrogens (primary N) is 1. The Morgan fingerprint density at radius 3 is 2.81 bits per heavy atom. The lowest BCUT2D eigenvalue weighted by atomic mass is 9.76. The second-order valence-electron chi connectivity index (χ2n) is 5.92. The fourth-order valence-corrected chi connectivity index (χ4v) is 2.97. The number of alkyl halides is 3. The van der Waals surface area contributed by atoms with Crippen molar-refractivity contribution in [3.05, 3.63) is 18.0 Å². The molecule has 0 spiro atoms. The number of rotatable bonds is 3. The van der Waals surface area contributed by atoms with E-state index in [4.69, 9.17) is 5.73 Å². The van der Waals surface area contributed by atoms with Crippen molar-refractivity contribution in [3.8, 4) is 0 Å². The Bertz CT molecular complexity index is 507. The number of halogens is 3. The lowest BCUT2D eigenvalue weighted by Crippen LogP contribution is -2.46. The molecular weight excluding hydrogens is 283 g/mol. The largest absolute Gasteiger partial charge is 0.433 e. The quantitative estimate of drug-likeness (QED) is 0.802. The first-order chi connectivity index (χ1) is 9.76. The predicted octanol–water partition coefficient (Wildman–Crippen LogP) is 3.04. The van der Waals surface area contributed by atoms with Crippen molar-refractivity contribution in [2.45, 2.75) is 44.3 Å². The molecule has 1 aromatic heterocycles. The summed E-state index contributed by atoms with van der Waals surface area (Å²) in [6.45, 7) is 1.93. The van der Waals surface area contributed by atoms with E-state index in [9.17, 15) is 18.3 Å². The van der Waals surface area contributed by atoms with E-state index in [0.29, 0.717) is 18.8 Å². The van der Waals surface area contributed by atoms with E-state index in [1.807, 2.05) is 0 Å². The van der Waals surface area contributed by atoms with E-state index in [1.165, 1.54) is 0 Å². The molecule has 0 radical (unpaired) electrons. The van der Waals surface area contributed by atoms with E-state index in [2.05, 4.69) is 17.2 Å². The van der Waals surface area contributed by atoms with Gasteiger partial charge in [0.05, 0.1) is 29.7 Å². The molecule has 2 atom stereocenters. The maximum absolute atomic E-state index is 12.7. The maximum Gasteiger partial charge on any atom is 0.433 e. The molecule has 0 amide bonds. The molecule has 7 heteroatoms. The van der Waals surface area contributed by atoms with Gasteiger partial charge in [-0.15, -0.1) is 0 Å². The summed E-state index contributed by atoms with van der Waals surface area (Å²) in [6, 6.07) is 0.909. The van der Waals surface area contributed by atoms with Crippen LogP contribution in [0.1, 0.15) is 38.3 Å². The monoisotopic (exact) mass is 303 g/mol. The SMILES string of the molecule is CC1CCCC(CO)(Nc2cc(C(F)(F)F)ncc2N)C1. The topological polar surface area (TPSA) is 71.2 Å². The van der Waals surface area contributed by atoms with Gasteiger partial charge in [0, 0.05) is 0 Å². The first-order valence-corrected chi connectivity index (χ1v) is 6.97. The fraction of sp³-hybridized carbons (Fsp3) is 0.643. The van der Waals surface area contributed by atoms with Crippen molar-refractivity contribution in [2.75, 3.05) is 17.7 Å². The van der Waals surface area contributed by atoms with Crippen molar-refractivity contribution in [1.29, 1.82) is 0 Å². The van der Waals surface area contributed by atoms with Crippen molar-refractivity contribution in [3.63, 3.8) is 0 Å². The molecule has 1 aromatic rings. The Morgan fingerprint density at radius 2 is 2.24 bits per heavy atom. The fourth-order valence-electron chi connectivity index (χ4n) is 2.97. The van der Waals surface area contributed by atoms with Crippen LogP contribution in [0.25, 0.3) is 0 Å². The molecular formula is C14H20F3N3O. The molecule has 1 heterocycles. The van der Waals surface area contributed by atoms with E-state index in [0.717, 1.165) is 25.1 Å². The van der Waals surface area contributed by atoms with Crippen LogP contribution in [0.15, 0.2) is 12.3 Å². The minimum atomic E-state index is -4.52. The van der Waals surface area contributed by atoms with Crippen molar-refractivity contribution in [1.82, 2.24) is 4.98 Å². The van der Waals surface area contributed by atoms with E-state index >= 15 is 0 Å². The summed E-state index contributed by atoms with van der Waals surface area (Å²) in [5.41, 5.74) is 4.45. The van der Waals surface area contributed by atoms with Crippen LogP contribution in [-0.4, -0.2) is 22.2 Å². The van der Waals surface area contributed by atoms with Gasteiger partial charge in [-0.2, -0.15) is 13.2 Å². The van der Waals surface area contributed by atoms with Crippen LogP contribution in [0, 0.1) is 5.92 Å². The number of hydrogen-bond donors (Lipinski definition) is 3. The number of nitrogen functional groups attached to an aromatic ring is 1. The van der Waals surface area contributed by atoms with Crippen LogP contribution >= 0.6 is 0 Å². The normalized spacial score (nSPS) is 26.6. The second kappa shape index (κ2) is 5.71. The van der Waals surface area contributed by atoms with Crippen LogP contribution in [-0.2, 0) is 6.18 Å². The number of hydrogen-bond acceptors (Lipinski definition) is 4. The summed E-state index contributed by atoms with van der Waals surface area (Å²) in [6.07, 6.45) is -0.128. The summed E-state index contributed by atoms with van der Waals surface area (Å²) in [5.74, 6) is 0.406. The minimum absolute atomic E-state index is 0.138. The van der Waals surface area contributed by atoms with Crippen LogP contribution in [0.3, 0.4) is 0 Å². The zero-order valence-electron chi connectivity index (χ0n) is 11.9. The third-order valence-electron chi connectivity index (χ3n) is 4.02. The molecule has 2 rings (SSSR count). The number of aliphatic hydroxyl groups is 1. The van der Waals surface area contributed by atoms with Crippen LogP contribution in [0.5, 0.6) is 0 Å². The second-order valence-corrected chi connectivity index (χ2v) is 5.92. The van der Waals surface area contributed by atoms with Gasteiger partial charge in [0.2, 0.25) is 0 Å². The molecule has 0 saturated heterocycles. The van der Waals surface area contributed by atoms with Crippen molar-refractivity contribution < 1.29 is 18.3 Å². The average molecular weight is 303 g/mol. The van der Waals surface area contributed by atoms with Gasteiger partial charge in [0.25, 0.3) is 0 Å². The highest BCUT2D eigenvalue weighted by molar-refractivity contribution is 5.66. The van der Waals surface area contributed by atoms with E-state index in [-0.39, 0.29) is 18.0 Å². The number of nitrogens with one attached hydrogen (secondary N) is 1. The van der Waals surface area contributed by atoms with Gasteiger partial charge in [-0.05, 0) is 24.8 Å². The van der Waals surface area contributed by atoms with Gasteiger partial charge in [-0.25, -0.2) is 4.98 Å². The van der Waals surface area contributed by atoms with Gasteiger partial charge in [-0.1, -0.05) is 19.8 Å². The number of aromatic nitrogens is 1. The van der Waals surface area contributed by atoms with E-state index < -0.39 is 17.4 Å². The molecule has 0 aromatic carbocycles. The van der Waals surface area contributed by atoms with Crippen LogP contribution in [0.4, 0.5) is 24.5 Å². The molecule has 21 heavy (non-hydrogen) atoms. The summed E-state index contributed by atoms with van der Waals surface area (Å²) in [4.78, 5) is 3.31. The van der Waals surface area contributed by atoms with Crippen LogP contribution < -0.4 is 11.1 Å². The van der Waals surface area contributed by atoms with Gasteiger partial charge < -0.3 is 16.2 Å². The van der Waals surface area contributed by atoms with Gasteiger partial charge >= 0.3 is 6.18 Å². The molecule has 4 N–H and O–H groups in total. The Morgan fingerprint density at radius 1 is 1.52 bits per heavy atom. The van der Waals surface area contributed by atoms with Gasteiger partial charge in [0.1, 0.15) is 5.69 Å². The number of nitrogens with zero attached hydrogens (tertiary/aromatic N) is 1. The van der Waals surface area contributed by atoms with E-state index in [1.54, 1.807) is 0 Å². The highest BCUT2D eigenvalue weighted by Crippen LogP contribution is 2.37. The molecule has 0 aliphatic heterocycles. The number of anilines is 2. The molecule has 1 saturated carbocycles. The zero-order valence-corrected chi connectivity index (χ0v) is 11.9. The summed E-state index contributed by atoms with van der Waals surface area (Å²) >= 11 is 0. The zero-order chi connectivity index (χ0) is 15.7. The first-order valence-electron chi connectivity index (χ1n) is 6.97. The van der Waals surface area contributed by atoms with Crippen molar-refractivity contribution in [2.24, 2.45) is 5.92 Å². The summed E-state index contributed by atoms with van der Waals surface area (Å²) < 4.78 is 38.2. The molecule has 2 unspecified atom stereocenters. The average Bonchev–Trinajstić information content (AvgIpc) is 2.40. The third kappa shape index (κ3) is 3.58. The first kappa shape index (κ1) is 15.9. The smallest absolute Gasteiger partial charge is 0.396 e. The molecule has 118 valence electrons. The standard InChI is InChI=1S/C14H20F3N3O/c1-9-3-2-4-13(6-9,8-21)20-11-5-12(14(15,16)17)19-7-10(11)18/h5,7,9,21H,2-4,6,8,18H2,1H3,(H,19,20). The molecule has 1 aliphatic carbocycles. The predicted molar refractivity (Wildman–Crippen MR) is 74.7 cm³/mol. The molecule has 0 bridgehead atoms. The Labute approximate surface area is 121 Å². The van der Waals surface area contributed by atoms with Crippen molar-refractivity contribution >= 4 is 11.4 Å². The Hall–Kier alpha value is -1.50. The summed E-state index contributed by atoms with van der Waals surface area (Å²) in [5, 5.41) is 12.7. The number of pyridine rings is 1. The molecule has 4 nitrogen and oxygen atoms in total. The molecule has 1 aliphatic rings. The van der Waals surface area contributed by atoms with Gasteiger partial charge in [-0.3, -0.25) is 0 Å². The van der Waals surface area contributed by atoms with Crippen LogP contribution in [0.2, 0.25) is 0 Å².